The lowest BCUT2D eigenvalue weighted by Gasteiger charge is -2.19. The van der Waals surface area contributed by atoms with Gasteiger partial charge in [-0.1, -0.05) is 62.0 Å². The molecular formula is C25H24Cl2O9. The van der Waals surface area contributed by atoms with Crippen molar-refractivity contribution in [3.05, 3.63) is 67.7 Å². The van der Waals surface area contributed by atoms with E-state index in [-0.39, 0.29) is 23.8 Å². The van der Waals surface area contributed by atoms with Crippen molar-refractivity contribution >= 4 is 52.9 Å². The van der Waals surface area contributed by atoms with Crippen molar-refractivity contribution in [1.29, 1.82) is 0 Å². The minimum absolute atomic E-state index is 0.0462. The maximum Gasteiger partial charge on any atom is 0.339 e. The topological polar surface area (TPSA) is 144 Å². The van der Waals surface area contributed by atoms with E-state index in [4.69, 9.17) is 32.7 Å². The Morgan fingerprint density at radius 2 is 1.19 bits per heavy atom. The number of ketones is 1. The zero-order chi connectivity index (χ0) is 27.0. The second kappa shape index (κ2) is 13.0. The van der Waals surface area contributed by atoms with Crippen molar-refractivity contribution < 1.29 is 43.7 Å². The standard InChI is InChI=1S/C25H24Cl2O9/c1-3-5-11-35-24(33)16-15(22(29)30)19(23(31)32)20(27)18(17(16)25(34)36-12-6-4-2)21(28)13-9-7-8-10-14(13)26/h7-10H,3-6,11-12H2,1-2H3,(H,29,30)(H,31,32). The van der Waals surface area contributed by atoms with E-state index in [0.29, 0.717) is 25.7 Å². The van der Waals surface area contributed by atoms with Gasteiger partial charge in [-0.05, 0) is 25.0 Å². The van der Waals surface area contributed by atoms with Crippen LogP contribution in [0.2, 0.25) is 10.0 Å². The number of unbranched alkanes of at least 4 members (excludes halogenated alkanes) is 2. The molecule has 0 saturated heterocycles. The van der Waals surface area contributed by atoms with Crippen LogP contribution in [-0.2, 0) is 9.47 Å². The summed E-state index contributed by atoms with van der Waals surface area (Å²) >= 11 is 12.4. The summed E-state index contributed by atoms with van der Waals surface area (Å²) in [6.07, 6.45) is 2.11. The van der Waals surface area contributed by atoms with Crippen molar-refractivity contribution in [2.45, 2.75) is 39.5 Å². The molecule has 9 nitrogen and oxygen atoms in total. The van der Waals surface area contributed by atoms with E-state index in [1.54, 1.807) is 0 Å². The number of carbonyl (C=O) groups excluding carboxylic acids is 3. The third-order valence-corrected chi connectivity index (χ3v) is 5.79. The van der Waals surface area contributed by atoms with Gasteiger partial charge in [0.1, 0.15) is 0 Å². The SMILES string of the molecule is CCCCOC(=O)c1c(C(=O)c2ccccc2Cl)c(Cl)c(C(=O)O)c(C(=O)O)c1C(=O)OCCCC. The fraction of sp³-hybridized carbons (Fsp3) is 0.320. The molecule has 192 valence electrons. The minimum atomic E-state index is -1.86. The predicted molar refractivity (Wildman–Crippen MR) is 131 cm³/mol. The molecule has 0 aliphatic carbocycles. The highest BCUT2D eigenvalue weighted by Crippen LogP contribution is 2.36. The van der Waals surface area contributed by atoms with E-state index in [0.717, 1.165) is 0 Å². The largest absolute Gasteiger partial charge is 0.478 e. The lowest BCUT2D eigenvalue weighted by molar-refractivity contribution is 0.0445. The number of hydrogen-bond acceptors (Lipinski definition) is 7. The molecule has 0 aliphatic heterocycles. The summed E-state index contributed by atoms with van der Waals surface area (Å²) in [5.74, 6) is -7.25. The molecule has 2 aromatic rings. The molecule has 11 heteroatoms. The van der Waals surface area contributed by atoms with Crippen molar-refractivity contribution in [1.82, 2.24) is 0 Å². The zero-order valence-electron chi connectivity index (χ0n) is 19.6. The first-order chi connectivity index (χ1) is 17.1. The summed E-state index contributed by atoms with van der Waals surface area (Å²) in [6, 6.07) is 5.69. The molecule has 0 spiro atoms. The molecule has 0 atom stereocenters. The second-order valence-corrected chi connectivity index (χ2v) is 8.37. The first-order valence-corrected chi connectivity index (χ1v) is 11.8. The molecule has 0 unspecified atom stereocenters. The van der Waals surface area contributed by atoms with Crippen molar-refractivity contribution in [3.63, 3.8) is 0 Å². The van der Waals surface area contributed by atoms with Crippen LogP contribution in [0.1, 0.15) is 96.9 Å². The molecule has 0 amide bonds. The Hall–Kier alpha value is -3.43. The number of esters is 2. The summed E-state index contributed by atoms with van der Waals surface area (Å²) in [5, 5.41) is 18.8. The van der Waals surface area contributed by atoms with Gasteiger partial charge in [0.2, 0.25) is 0 Å². The van der Waals surface area contributed by atoms with Crippen LogP contribution < -0.4 is 0 Å². The molecule has 0 bridgehead atoms. The van der Waals surface area contributed by atoms with Gasteiger partial charge in [0.25, 0.3) is 0 Å². The van der Waals surface area contributed by atoms with E-state index in [1.165, 1.54) is 24.3 Å². The molecule has 2 rings (SSSR count). The second-order valence-electron chi connectivity index (χ2n) is 7.59. The Bertz CT molecular complexity index is 1200. The first kappa shape index (κ1) is 28.8. The first-order valence-electron chi connectivity index (χ1n) is 11.1. The Labute approximate surface area is 216 Å². The van der Waals surface area contributed by atoms with E-state index >= 15 is 0 Å². The summed E-state index contributed by atoms with van der Waals surface area (Å²) in [4.78, 5) is 64.2. The van der Waals surface area contributed by atoms with Gasteiger partial charge in [-0.15, -0.1) is 0 Å². The normalized spacial score (nSPS) is 10.6. The predicted octanol–water partition coefficient (Wildman–Crippen LogP) is 5.53. The fourth-order valence-corrected chi connectivity index (χ4v) is 3.88. The van der Waals surface area contributed by atoms with Gasteiger partial charge in [0, 0.05) is 5.56 Å². The highest BCUT2D eigenvalue weighted by molar-refractivity contribution is 6.42. The fourth-order valence-electron chi connectivity index (χ4n) is 3.30. The van der Waals surface area contributed by atoms with Gasteiger partial charge >= 0.3 is 23.9 Å². The number of carboxylic acid groups (broad SMARTS) is 2. The van der Waals surface area contributed by atoms with Gasteiger partial charge in [0.15, 0.2) is 5.78 Å². The Balaban J connectivity index is 3.01. The Kier molecular flexibility index (Phi) is 10.4. The van der Waals surface area contributed by atoms with Gasteiger partial charge in [0.05, 0.1) is 51.1 Å². The minimum Gasteiger partial charge on any atom is -0.478 e. The quantitative estimate of drug-likeness (QED) is 0.202. The molecular weight excluding hydrogens is 515 g/mol. The number of aromatic carboxylic acids is 2. The molecule has 2 N–H and O–H groups in total. The van der Waals surface area contributed by atoms with Crippen LogP contribution in [-0.4, -0.2) is 53.1 Å². The number of benzene rings is 2. The lowest BCUT2D eigenvalue weighted by Crippen LogP contribution is -2.26. The highest BCUT2D eigenvalue weighted by atomic mass is 35.5. The molecule has 0 radical (unpaired) electrons. The molecule has 0 aromatic heterocycles. The van der Waals surface area contributed by atoms with E-state index in [9.17, 15) is 34.2 Å². The molecule has 2 aromatic carbocycles. The zero-order valence-corrected chi connectivity index (χ0v) is 21.1. The van der Waals surface area contributed by atoms with E-state index in [1.807, 2.05) is 13.8 Å². The van der Waals surface area contributed by atoms with E-state index in [2.05, 4.69) is 0 Å². The average Bonchev–Trinajstić information content (AvgIpc) is 2.82. The third-order valence-electron chi connectivity index (χ3n) is 5.08. The number of halogens is 2. The molecule has 0 fully saturated rings. The van der Waals surface area contributed by atoms with E-state index < -0.39 is 62.5 Å². The number of rotatable bonds is 12. The summed E-state index contributed by atoms with van der Waals surface area (Å²) < 4.78 is 10.3. The average molecular weight is 539 g/mol. The third kappa shape index (κ3) is 6.22. The molecule has 0 saturated carbocycles. The van der Waals surface area contributed by atoms with Crippen LogP contribution in [0.15, 0.2) is 24.3 Å². The van der Waals surface area contributed by atoms with Gasteiger partial charge in [-0.25, -0.2) is 19.2 Å². The lowest BCUT2D eigenvalue weighted by atomic mass is 9.87. The molecule has 36 heavy (non-hydrogen) atoms. The van der Waals surface area contributed by atoms with Crippen LogP contribution in [0, 0.1) is 0 Å². The van der Waals surface area contributed by atoms with Crippen molar-refractivity contribution in [2.75, 3.05) is 13.2 Å². The number of carboxylic acids is 2. The van der Waals surface area contributed by atoms with Gasteiger partial charge in [-0.3, -0.25) is 4.79 Å². The highest BCUT2D eigenvalue weighted by Gasteiger charge is 2.39. The molecule has 0 heterocycles. The van der Waals surface area contributed by atoms with Crippen molar-refractivity contribution in [2.24, 2.45) is 0 Å². The summed E-state index contributed by atoms with van der Waals surface area (Å²) in [5.41, 5.74) is -4.76. The smallest absolute Gasteiger partial charge is 0.339 e. The van der Waals surface area contributed by atoms with Crippen LogP contribution in [0.5, 0.6) is 0 Å². The number of ether oxygens (including phenoxy) is 2. The number of carbonyl (C=O) groups is 5. The van der Waals surface area contributed by atoms with Crippen LogP contribution in [0.4, 0.5) is 0 Å². The maximum atomic E-state index is 13.6. The van der Waals surface area contributed by atoms with Gasteiger partial charge < -0.3 is 19.7 Å². The molecule has 0 aliphatic rings. The van der Waals surface area contributed by atoms with Gasteiger partial charge in [-0.2, -0.15) is 0 Å². The van der Waals surface area contributed by atoms with Crippen LogP contribution >= 0.6 is 23.2 Å². The Morgan fingerprint density at radius 3 is 1.64 bits per heavy atom. The van der Waals surface area contributed by atoms with Crippen LogP contribution in [0.3, 0.4) is 0 Å². The number of hydrogen-bond donors (Lipinski definition) is 2. The van der Waals surface area contributed by atoms with Crippen LogP contribution in [0.25, 0.3) is 0 Å². The monoisotopic (exact) mass is 538 g/mol. The maximum absolute atomic E-state index is 13.6. The van der Waals surface area contributed by atoms with Crippen molar-refractivity contribution in [3.8, 4) is 0 Å². The summed E-state index contributed by atoms with van der Waals surface area (Å²) in [7, 11) is 0. The Morgan fingerprint density at radius 1 is 0.722 bits per heavy atom. The summed E-state index contributed by atoms with van der Waals surface area (Å²) in [6.45, 7) is 3.40.